The first-order chi connectivity index (χ1) is 14.7. The van der Waals surface area contributed by atoms with Crippen LogP contribution in [-0.4, -0.2) is 110 Å². The summed E-state index contributed by atoms with van der Waals surface area (Å²) < 4.78 is 47.8. The van der Waals surface area contributed by atoms with Crippen LogP contribution >= 0.6 is 15.6 Å². The van der Waals surface area contributed by atoms with Gasteiger partial charge in [0.2, 0.25) is 5.91 Å². The maximum absolute atomic E-state index is 12.3. The number of phosphoric acid groups is 2. The third-order valence-corrected chi connectivity index (χ3v) is 7.30. The van der Waals surface area contributed by atoms with Gasteiger partial charge < -0.3 is 50.1 Å². The van der Waals surface area contributed by atoms with Gasteiger partial charge in [0.1, 0.15) is 42.7 Å². The second-order valence-corrected chi connectivity index (χ2v) is 10.2. The molecule has 2 rings (SSSR count). The highest BCUT2D eigenvalue weighted by Gasteiger charge is 2.49. The maximum atomic E-state index is 12.3. The summed E-state index contributed by atoms with van der Waals surface area (Å²) in [6, 6.07) is -1.63. The van der Waals surface area contributed by atoms with E-state index in [0.717, 1.165) is 6.92 Å². The molecule has 0 aromatic carbocycles. The lowest BCUT2D eigenvalue weighted by atomic mass is 9.97. The molecule has 8 N–H and O–H groups in total. The fraction of sp³-hybridized carbons (Fsp3) is 0.929. The van der Waals surface area contributed by atoms with Gasteiger partial charge in [-0.1, -0.05) is 0 Å². The summed E-state index contributed by atoms with van der Waals surface area (Å²) in [6.07, 6.45) is -11.8. The minimum absolute atomic E-state index is 0.753. The zero-order chi connectivity index (χ0) is 24.4. The average Bonchev–Trinajstić information content (AvgIpc) is 2.91. The molecule has 32 heavy (non-hydrogen) atoms. The number of aliphatic hydroxyl groups excluding tert-OH is 5. The van der Waals surface area contributed by atoms with Crippen molar-refractivity contribution in [1.82, 2.24) is 5.32 Å². The Bertz CT molecular complexity index is 754. The Kier molecular flexibility index (Phi) is 9.35. The number of rotatable bonds is 9. The minimum Gasteiger partial charge on any atom is -0.394 e. The molecule has 2 aliphatic heterocycles. The summed E-state index contributed by atoms with van der Waals surface area (Å²) in [5.74, 6) is -0.753. The van der Waals surface area contributed by atoms with E-state index in [4.69, 9.17) is 9.47 Å². The first-order valence-corrected chi connectivity index (χ1v) is 12.3. The first kappa shape index (κ1) is 27.7. The third kappa shape index (κ3) is 6.98. The topological polar surface area (TPSA) is 251 Å². The Hall–Kier alpha value is -0.550. The Labute approximate surface area is 181 Å². The van der Waals surface area contributed by atoms with Crippen LogP contribution in [0, 0.1) is 0 Å². The number of carbonyl (C=O) groups excluding carboxylic acids is 1. The maximum Gasteiger partial charge on any atom is 0.483 e. The number of phosphoric ester groups is 2. The number of hydrogen-bond acceptors (Lipinski definition) is 13. The molecular formula is C14H27NO15P2. The van der Waals surface area contributed by atoms with E-state index < -0.39 is 89.8 Å². The molecule has 11 atom stereocenters. The summed E-state index contributed by atoms with van der Waals surface area (Å²) in [4.78, 5) is 31.0. The zero-order valence-corrected chi connectivity index (χ0v) is 18.7. The van der Waals surface area contributed by atoms with Crippen LogP contribution in [0.5, 0.6) is 0 Å². The van der Waals surface area contributed by atoms with Crippen LogP contribution in [-0.2, 0) is 36.8 Å². The highest BCUT2D eigenvalue weighted by molar-refractivity contribution is 7.61. The molecule has 2 heterocycles. The van der Waals surface area contributed by atoms with Crippen LogP contribution in [0.4, 0.5) is 0 Å². The molecule has 16 nitrogen and oxygen atoms in total. The fourth-order valence-corrected chi connectivity index (χ4v) is 5.27. The number of nitrogens with one attached hydrogen (secondary N) is 1. The van der Waals surface area contributed by atoms with E-state index in [1.165, 1.54) is 6.92 Å². The molecule has 0 aromatic rings. The lowest BCUT2D eigenvalue weighted by molar-refractivity contribution is -0.247. The van der Waals surface area contributed by atoms with Gasteiger partial charge in [-0.05, 0) is 6.92 Å². The van der Waals surface area contributed by atoms with E-state index in [0.29, 0.717) is 0 Å². The van der Waals surface area contributed by atoms with E-state index in [1.807, 2.05) is 0 Å². The number of carbonyl (C=O) groups is 1. The molecular weight excluding hydrogens is 484 g/mol. The second kappa shape index (κ2) is 10.8. The van der Waals surface area contributed by atoms with E-state index in [1.54, 1.807) is 0 Å². The zero-order valence-electron chi connectivity index (χ0n) is 16.9. The molecule has 2 aliphatic rings. The SMILES string of the molecule is CC(=O)N[C@@H]1[C@H](OP(=O)(O)OP(=O)(O)OCC2OC(C)[C@H](O)[C@@H]2O)O[C@@H](CO)[C@H](O)[C@H]1O. The molecule has 0 saturated carbocycles. The van der Waals surface area contributed by atoms with E-state index >= 15 is 0 Å². The number of aliphatic hydroxyl groups is 5. The third-order valence-electron chi connectivity index (χ3n) is 4.70. The van der Waals surface area contributed by atoms with Crippen molar-refractivity contribution in [3.8, 4) is 0 Å². The van der Waals surface area contributed by atoms with Gasteiger partial charge in [-0.2, -0.15) is 4.31 Å². The van der Waals surface area contributed by atoms with Gasteiger partial charge in [-0.3, -0.25) is 13.8 Å². The minimum atomic E-state index is -5.49. The highest BCUT2D eigenvalue weighted by Crippen LogP contribution is 2.61. The molecule has 188 valence electrons. The van der Waals surface area contributed by atoms with Crippen molar-refractivity contribution in [3.63, 3.8) is 0 Å². The molecule has 0 aromatic heterocycles. The summed E-state index contributed by atoms with van der Waals surface area (Å²) in [7, 11) is -10.8. The van der Waals surface area contributed by atoms with Crippen molar-refractivity contribution in [1.29, 1.82) is 0 Å². The molecule has 2 saturated heterocycles. The van der Waals surface area contributed by atoms with Crippen LogP contribution < -0.4 is 5.32 Å². The van der Waals surface area contributed by atoms with Crippen molar-refractivity contribution in [2.24, 2.45) is 0 Å². The standard InChI is InChI=1S/C14H27NO15P2/c1-5-10(18)12(20)8(27-5)4-26-31(22,23)30-32(24,25)29-14-9(15-6(2)17)13(21)11(19)7(3-16)28-14/h5,7-14,16,18-21H,3-4H2,1-2H3,(H,15,17)(H,22,23)(H,24,25)/t5?,7-,8?,9-,10-,11-,12+,13-,14-/m0/s1. The van der Waals surface area contributed by atoms with Crippen molar-refractivity contribution in [3.05, 3.63) is 0 Å². The lowest BCUT2D eigenvalue weighted by Gasteiger charge is -2.42. The summed E-state index contributed by atoms with van der Waals surface area (Å²) in [6.45, 7) is 0.801. The normalized spacial score (nSPS) is 41.6. The Morgan fingerprint density at radius 1 is 0.969 bits per heavy atom. The second-order valence-electron chi connectivity index (χ2n) is 7.21. The van der Waals surface area contributed by atoms with E-state index in [9.17, 15) is 49.2 Å². The van der Waals surface area contributed by atoms with E-state index in [2.05, 4.69) is 18.7 Å². The van der Waals surface area contributed by atoms with Crippen molar-refractivity contribution in [2.45, 2.75) is 68.9 Å². The van der Waals surface area contributed by atoms with Gasteiger partial charge in [-0.25, -0.2) is 9.13 Å². The lowest BCUT2D eigenvalue weighted by Crippen LogP contribution is -2.64. The monoisotopic (exact) mass is 511 g/mol. The number of amides is 1. The smallest absolute Gasteiger partial charge is 0.394 e. The van der Waals surface area contributed by atoms with Gasteiger partial charge >= 0.3 is 15.6 Å². The summed E-state index contributed by atoms with van der Waals surface area (Å²) in [5, 5.41) is 50.7. The van der Waals surface area contributed by atoms with Crippen molar-refractivity contribution in [2.75, 3.05) is 13.2 Å². The molecule has 0 bridgehead atoms. The van der Waals surface area contributed by atoms with Gasteiger partial charge in [-0.15, -0.1) is 0 Å². The van der Waals surface area contributed by atoms with Gasteiger partial charge in [0.15, 0.2) is 6.29 Å². The highest BCUT2D eigenvalue weighted by atomic mass is 31.3. The van der Waals surface area contributed by atoms with Crippen LogP contribution in [0.3, 0.4) is 0 Å². The van der Waals surface area contributed by atoms with Gasteiger partial charge in [0.05, 0.1) is 19.3 Å². The van der Waals surface area contributed by atoms with Crippen LogP contribution in [0.15, 0.2) is 0 Å². The average molecular weight is 511 g/mol. The predicted molar refractivity (Wildman–Crippen MR) is 99.5 cm³/mol. The fourth-order valence-electron chi connectivity index (χ4n) is 3.10. The van der Waals surface area contributed by atoms with Crippen LogP contribution in [0.1, 0.15) is 13.8 Å². The largest absolute Gasteiger partial charge is 0.483 e. The molecule has 0 aliphatic carbocycles. The molecule has 18 heteroatoms. The number of ether oxygens (including phenoxy) is 2. The number of hydrogen-bond donors (Lipinski definition) is 8. The molecule has 0 spiro atoms. The van der Waals surface area contributed by atoms with Crippen molar-refractivity contribution < 1.29 is 72.1 Å². The predicted octanol–water partition coefficient (Wildman–Crippen LogP) is -3.31. The summed E-state index contributed by atoms with van der Waals surface area (Å²) >= 11 is 0. The Balaban J connectivity index is 2.04. The Morgan fingerprint density at radius 2 is 1.56 bits per heavy atom. The quantitative estimate of drug-likeness (QED) is 0.141. The van der Waals surface area contributed by atoms with Crippen LogP contribution in [0.25, 0.3) is 0 Å². The summed E-state index contributed by atoms with van der Waals surface area (Å²) in [5.41, 5.74) is 0. The molecule has 1 amide bonds. The van der Waals surface area contributed by atoms with E-state index in [-0.39, 0.29) is 0 Å². The van der Waals surface area contributed by atoms with Crippen molar-refractivity contribution >= 4 is 21.6 Å². The Morgan fingerprint density at radius 3 is 2.06 bits per heavy atom. The molecule has 4 unspecified atom stereocenters. The molecule has 0 radical (unpaired) electrons. The molecule has 2 fully saturated rings. The van der Waals surface area contributed by atoms with Crippen LogP contribution in [0.2, 0.25) is 0 Å². The van der Waals surface area contributed by atoms with Gasteiger partial charge in [0, 0.05) is 6.92 Å². The first-order valence-electron chi connectivity index (χ1n) is 9.28. The van der Waals surface area contributed by atoms with Gasteiger partial charge in [0.25, 0.3) is 0 Å².